The van der Waals surface area contributed by atoms with E-state index in [1.165, 1.54) is 19.4 Å². The van der Waals surface area contributed by atoms with Crippen molar-refractivity contribution in [2.45, 2.75) is 0 Å². The standard InChI is InChI=1S/C7H6N2O2/c1-11-7(10)6-2-5(3-8)4-9-6/h2,4,9H,1H3. The molecule has 0 fully saturated rings. The summed E-state index contributed by atoms with van der Waals surface area (Å²) < 4.78 is 4.41. The maximum atomic E-state index is 10.8. The van der Waals surface area contributed by atoms with E-state index in [1.54, 1.807) is 0 Å². The average molecular weight is 150 g/mol. The summed E-state index contributed by atoms with van der Waals surface area (Å²) in [5, 5.41) is 8.38. The molecule has 0 aliphatic heterocycles. The van der Waals surface area contributed by atoms with Gasteiger partial charge in [-0.2, -0.15) is 5.26 Å². The Hall–Kier alpha value is -1.76. The monoisotopic (exact) mass is 150 g/mol. The van der Waals surface area contributed by atoms with Gasteiger partial charge in [0.1, 0.15) is 11.8 Å². The van der Waals surface area contributed by atoms with Crippen LogP contribution in [-0.4, -0.2) is 18.1 Å². The van der Waals surface area contributed by atoms with Crippen molar-refractivity contribution in [2.24, 2.45) is 0 Å². The van der Waals surface area contributed by atoms with Gasteiger partial charge in [-0.1, -0.05) is 0 Å². The molecular formula is C7H6N2O2. The zero-order valence-corrected chi connectivity index (χ0v) is 5.92. The molecule has 1 N–H and O–H groups in total. The van der Waals surface area contributed by atoms with Crippen molar-refractivity contribution < 1.29 is 9.53 Å². The quantitative estimate of drug-likeness (QED) is 0.598. The predicted octanol–water partition coefficient (Wildman–Crippen LogP) is 0.673. The van der Waals surface area contributed by atoms with E-state index < -0.39 is 5.97 Å². The molecule has 56 valence electrons. The van der Waals surface area contributed by atoms with Crippen LogP contribution in [0.2, 0.25) is 0 Å². The number of carbonyl (C=O) groups excluding carboxylic acids is 1. The van der Waals surface area contributed by atoms with Gasteiger partial charge in [-0.05, 0) is 6.07 Å². The molecule has 0 saturated carbocycles. The zero-order chi connectivity index (χ0) is 8.27. The van der Waals surface area contributed by atoms with E-state index in [0.717, 1.165) is 0 Å². The van der Waals surface area contributed by atoms with E-state index >= 15 is 0 Å². The van der Waals surface area contributed by atoms with Crippen molar-refractivity contribution in [1.29, 1.82) is 5.26 Å². The summed E-state index contributed by atoms with van der Waals surface area (Å²) in [6.07, 6.45) is 1.45. The molecule has 0 saturated heterocycles. The Morgan fingerprint density at radius 3 is 3.00 bits per heavy atom. The van der Waals surface area contributed by atoms with E-state index in [1.807, 2.05) is 6.07 Å². The van der Waals surface area contributed by atoms with Crippen LogP contribution in [-0.2, 0) is 4.74 Å². The minimum absolute atomic E-state index is 0.295. The van der Waals surface area contributed by atoms with Gasteiger partial charge < -0.3 is 9.72 Å². The number of H-pyrrole nitrogens is 1. The number of nitrogens with zero attached hydrogens (tertiary/aromatic N) is 1. The number of hydrogen-bond donors (Lipinski definition) is 1. The molecular weight excluding hydrogens is 144 g/mol. The van der Waals surface area contributed by atoms with Crippen molar-refractivity contribution in [3.63, 3.8) is 0 Å². The third-order valence-electron chi connectivity index (χ3n) is 1.22. The molecule has 0 bridgehead atoms. The van der Waals surface area contributed by atoms with Gasteiger partial charge in [0.2, 0.25) is 0 Å². The number of hydrogen-bond acceptors (Lipinski definition) is 3. The molecule has 1 aromatic heterocycles. The molecule has 0 amide bonds. The van der Waals surface area contributed by atoms with Crippen LogP contribution in [0.5, 0.6) is 0 Å². The summed E-state index contributed by atoms with van der Waals surface area (Å²) in [7, 11) is 1.29. The SMILES string of the molecule is COC(=O)c1cc(C#N)c[nH]1. The second kappa shape index (κ2) is 2.88. The first-order chi connectivity index (χ1) is 5.27. The highest BCUT2D eigenvalue weighted by Gasteiger charge is 2.06. The molecule has 4 heteroatoms. The summed E-state index contributed by atoms with van der Waals surface area (Å²) in [4.78, 5) is 13.4. The second-order valence-corrected chi connectivity index (χ2v) is 1.91. The highest BCUT2D eigenvalue weighted by atomic mass is 16.5. The summed E-state index contributed by atoms with van der Waals surface area (Å²) in [5.74, 6) is -0.466. The van der Waals surface area contributed by atoms with Crippen LogP contribution in [0.15, 0.2) is 12.3 Å². The molecule has 0 aliphatic rings. The summed E-state index contributed by atoms with van der Waals surface area (Å²) in [6, 6.07) is 3.32. The summed E-state index contributed by atoms with van der Waals surface area (Å²) in [5.41, 5.74) is 0.717. The number of ether oxygens (including phenoxy) is 1. The number of aromatic nitrogens is 1. The van der Waals surface area contributed by atoms with Gasteiger partial charge >= 0.3 is 5.97 Å². The van der Waals surface area contributed by atoms with Gasteiger partial charge in [0.25, 0.3) is 0 Å². The topological polar surface area (TPSA) is 65.9 Å². The Balaban J connectivity index is 2.91. The Labute approximate surface area is 63.4 Å². The smallest absolute Gasteiger partial charge is 0.354 e. The molecule has 0 aliphatic carbocycles. The van der Waals surface area contributed by atoms with Crippen LogP contribution in [0.4, 0.5) is 0 Å². The van der Waals surface area contributed by atoms with Crippen molar-refractivity contribution in [3.8, 4) is 6.07 Å². The molecule has 11 heavy (non-hydrogen) atoms. The predicted molar refractivity (Wildman–Crippen MR) is 36.8 cm³/mol. The number of carbonyl (C=O) groups is 1. The number of rotatable bonds is 1. The largest absolute Gasteiger partial charge is 0.464 e. The fourth-order valence-corrected chi connectivity index (χ4v) is 0.687. The van der Waals surface area contributed by atoms with Gasteiger partial charge in [-0.15, -0.1) is 0 Å². The van der Waals surface area contributed by atoms with Crippen LogP contribution >= 0.6 is 0 Å². The highest BCUT2D eigenvalue weighted by Crippen LogP contribution is 2.02. The van der Waals surface area contributed by atoms with E-state index in [4.69, 9.17) is 5.26 Å². The maximum absolute atomic E-state index is 10.8. The van der Waals surface area contributed by atoms with Crippen molar-refractivity contribution in [1.82, 2.24) is 4.98 Å². The van der Waals surface area contributed by atoms with Crippen LogP contribution < -0.4 is 0 Å². The molecule has 4 nitrogen and oxygen atoms in total. The summed E-state index contributed by atoms with van der Waals surface area (Å²) in [6.45, 7) is 0. The van der Waals surface area contributed by atoms with Crippen LogP contribution in [0.3, 0.4) is 0 Å². The Bertz CT molecular complexity index is 308. The molecule has 1 aromatic rings. The Morgan fingerprint density at radius 1 is 1.82 bits per heavy atom. The molecule has 1 heterocycles. The third-order valence-corrected chi connectivity index (χ3v) is 1.22. The van der Waals surface area contributed by atoms with E-state index in [0.29, 0.717) is 11.3 Å². The lowest BCUT2D eigenvalue weighted by Crippen LogP contribution is -2.00. The zero-order valence-electron chi connectivity index (χ0n) is 5.92. The van der Waals surface area contributed by atoms with E-state index in [2.05, 4.69) is 9.72 Å². The van der Waals surface area contributed by atoms with Crippen LogP contribution in [0, 0.1) is 11.3 Å². The number of nitriles is 1. The van der Waals surface area contributed by atoms with Crippen molar-refractivity contribution >= 4 is 5.97 Å². The number of nitrogens with one attached hydrogen (secondary N) is 1. The van der Waals surface area contributed by atoms with E-state index in [9.17, 15) is 4.79 Å². The molecule has 1 rings (SSSR count). The fraction of sp³-hybridized carbons (Fsp3) is 0.143. The lowest BCUT2D eigenvalue weighted by Gasteiger charge is -1.91. The number of aromatic amines is 1. The molecule has 0 aromatic carbocycles. The van der Waals surface area contributed by atoms with Gasteiger partial charge in [0, 0.05) is 6.20 Å². The minimum atomic E-state index is -0.466. The van der Waals surface area contributed by atoms with Gasteiger partial charge in [-0.25, -0.2) is 4.79 Å². The second-order valence-electron chi connectivity index (χ2n) is 1.91. The minimum Gasteiger partial charge on any atom is -0.464 e. The molecule has 0 spiro atoms. The summed E-state index contributed by atoms with van der Waals surface area (Å²) >= 11 is 0. The highest BCUT2D eigenvalue weighted by molar-refractivity contribution is 5.87. The van der Waals surface area contributed by atoms with Crippen molar-refractivity contribution in [2.75, 3.05) is 7.11 Å². The fourth-order valence-electron chi connectivity index (χ4n) is 0.687. The lowest BCUT2D eigenvalue weighted by molar-refractivity contribution is 0.0595. The average Bonchev–Trinajstić information content (AvgIpc) is 2.50. The third kappa shape index (κ3) is 1.38. The van der Waals surface area contributed by atoms with E-state index in [-0.39, 0.29) is 0 Å². The van der Waals surface area contributed by atoms with Crippen LogP contribution in [0.25, 0.3) is 0 Å². The van der Waals surface area contributed by atoms with Gasteiger partial charge in [0.05, 0.1) is 12.7 Å². The Morgan fingerprint density at radius 2 is 2.55 bits per heavy atom. The van der Waals surface area contributed by atoms with Gasteiger partial charge in [-0.3, -0.25) is 0 Å². The van der Waals surface area contributed by atoms with Gasteiger partial charge in [0.15, 0.2) is 0 Å². The Kier molecular flexibility index (Phi) is 1.93. The first kappa shape index (κ1) is 7.35. The first-order valence-electron chi connectivity index (χ1n) is 2.94. The molecule has 0 atom stereocenters. The lowest BCUT2D eigenvalue weighted by atomic mass is 10.3. The molecule has 0 radical (unpaired) electrons. The number of esters is 1. The number of methoxy groups -OCH3 is 1. The maximum Gasteiger partial charge on any atom is 0.354 e. The normalized spacial score (nSPS) is 8.73. The van der Waals surface area contributed by atoms with Crippen LogP contribution in [0.1, 0.15) is 16.1 Å². The molecule has 0 unspecified atom stereocenters. The van der Waals surface area contributed by atoms with Crippen molar-refractivity contribution in [3.05, 3.63) is 23.5 Å². The first-order valence-corrected chi connectivity index (χ1v) is 2.94.